The number of amides is 1. The predicted molar refractivity (Wildman–Crippen MR) is 74.7 cm³/mol. The van der Waals surface area contributed by atoms with E-state index >= 15 is 0 Å². The van der Waals surface area contributed by atoms with Crippen molar-refractivity contribution < 1.29 is 9.53 Å². The Balaban J connectivity index is 1.85. The Morgan fingerprint density at radius 2 is 2.21 bits per heavy atom. The molecule has 104 valence electrons. The van der Waals surface area contributed by atoms with Gasteiger partial charge in [-0.1, -0.05) is 30.3 Å². The van der Waals surface area contributed by atoms with Crippen LogP contribution in [0.4, 0.5) is 0 Å². The van der Waals surface area contributed by atoms with Gasteiger partial charge in [-0.05, 0) is 19.4 Å². The highest BCUT2D eigenvalue weighted by Gasteiger charge is 2.27. The minimum absolute atomic E-state index is 0.0879. The molecule has 0 saturated carbocycles. The Morgan fingerprint density at radius 3 is 2.89 bits per heavy atom. The highest BCUT2D eigenvalue weighted by Crippen LogP contribution is 2.09. The summed E-state index contributed by atoms with van der Waals surface area (Å²) in [6.07, 6.45) is -0.388. The number of nitrogens with one attached hydrogen (secondary N) is 1. The van der Waals surface area contributed by atoms with E-state index in [0.717, 1.165) is 25.2 Å². The van der Waals surface area contributed by atoms with Crippen molar-refractivity contribution >= 4 is 5.91 Å². The van der Waals surface area contributed by atoms with E-state index in [1.807, 2.05) is 42.2 Å². The van der Waals surface area contributed by atoms with E-state index in [4.69, 9.17) is 4.74 Å². The topological polar surface area (TPSA) is 41.6 Å². The molecule has 2 atom stereocenters. The van der Waals surface area contributed by atoms with E-state index in [-0.39, 0.29) is 18.1 Å². The van der Waals surface area contributed by atoms with Gasteiger partial charge in [-0.3, -0.25) is 4.79 Å². The largest absolute Gasteiger partial charge is 0.364 e. The van der Waals surface area contributed by atoms with Crippen molar-refractivity contribution in [3.05, 3.63) is 35.9 Å². The average Bonchev–Trinajstić information content (AvgIpc) is 2.45. The molecule has 19 heavy (non-hydrogen) atoms. The van der Waals surface area contributed by atoms with Crippen LogP contribution in [0.2, 0.25) is 0 Å². The molecule has 2 rings (SSSR count). The van der Waals surface area contributed by atoms with E-state index in [1.54, 1.807) is 0 Å². The van der Waals surface area contributed by atoms with Crippen LogP contribution in [0.1, 0.15) is 19.4 Å². The van der Waals surface area contributed by atoms with Gasteiger partial charge in [0.15, 0.2) is 0 Å². The number of piperazine rings is 1. The minimum atomic E-state index is -0.388. The maximum Gasteiger partial charge on any atom is 0.251 e. The van der Waals surface area contributed by atoms with E-state index in [9.17, 15) is 4.79 Å². The fourth-order valence-electron chi connectivity index (χ4n) is 2.27. The number of carbonyl (C=O) groups is 1. The Morgan fingerprint density at radius 1 is 1.47 bits per heavy atom. The summed E-state index contributed by atoms with van der Waals surface area (Å²) in [6, 6.07) is 10.2. The van der Waals surface area contributed by atoms with Crippen molar-refractivity contribution in [2.45, 2.75) is 32.6 Å². The molecule has 4 heteroatoms. The molecule has 1 N–H and O–H groups in total. The maximum absolute atomic E-state index is 12.3. The third-order valence-electron chi connectivity index (χ3n) is 3.47. The lowest BCUT2D eigenvalue weighted by molar-refractivity contribution is -0.146. The fraction of sp³-hybridized carbons (Fsp3) is 0.533. The first-order valence-corrected chi connectivity index (χ1v) is 6.85. The Kier molecular flexibility index (Phi) is 4.93. The molecular weight excluding hydrogens is 240 g/mol. The number of benzene rings is 1. The Labute approximate surface area is 114 Å². The van der Waals surface area contributed by atoms with Crippen LogP contribution < -0.4 is 5.32 Å². The van der Waals surface area contributed by atoms with Gasteiger partial charge in [0.1, 0.15) is 6.10 Å². The summed E-state index contributed by atoms with van der Waals surface area (Å²) in [6.45, 7) is 6.86. The molecule has 1 aliphatic heterocycles. The number of carbonyl (C=O) groups excluding carboxylic acids is 1. The van der Waals surface area contributed by atoms with Crippen molar-refractivity contribution in [2.24, 2.45) is 0 Å². The number of hydrogen-bond donors (Lipinski definition) is 1. The molecule has 1 aromatic carbocycles. The molecule has 0 aromatic heterocycles. The lowest BCUT2D eigenvalue weighted by Crippen LogP contribution is -2.54. The molecule has 1 unspecified atom stereocenters. The fourth-order valence-corrected chi connectivity index (χ4v) is 2.27. The van der Waals surface area contributed by atoms with Gasteiger partial charge in [0.05, 0.1) is 6.61 Å². The monoisotopic (exact) mass is 262 g/mol. The van der Waals surface area contributed by atoms with Crippen molar-refractivity contribution in [2.75, 3.05) is 19.6 Å². The molecule has 1 aliphatic rings. The minimum Gasteiger partial charge on any atom is -0.364 e. The molecule has 0 spiro atoms. The van der Waals surface area contributed by atoms with Crippen LogP contribution in [0.5, 0.6) is 0 Å². The average molecular weight is 262 g/mol. The highest BCUT2D eigenvalue weighted by molar-refractivity contribution is 5.81. The zero-order valence-electron chi connectivity index (χ0n) is 11.6. The van der Waals surface area contributed by atoms with Crippen LogP contribution in [0, 0.1) is 0 Å². The van der Waals surface area contributed by atoms with Gasteiger partial charge in [0, 0.05) is 25.7 Å². The SMILES string of the molecule is CC(OCc1ccccc1)C(=O)N1CCNC[C@@H]1C. The predicted octanol–water partition coefficient (Wildman–Crippen LogP) is 1.41. The summed E-state index contributed by atoms with van der Waals surface area (Å²) >= 11 is 0. The molecule has 1 saturated heterocycles. The lowest BCUT2D eigenvalue weighted by Gasteiger charge is -2.35. The zero-order valence-corrected chi connectivity index (χ0v) is 11.6. The number of ether oxygens (including phenoxy) is 1. The van der Waals surface area contributed by atoms with Gasteiger partial charge in [0.2, 0.25) is 0 Å². The third-order valence-corrected chi connectivity index (χ3v) is 3.47. The van der Waals surface area contributed by atoms with E-state index in [1.165, 1.54) is 0 Å². The van der Waals surface area contributed by atoms with Gasteiger partial charge >= 0.3 is 0 Å². The molecule has 0 radical (unpaired) electrons. The van der Waals surface area contributed by atoms with Crippen molar-refractivity contribution in [3.63, 3.8) is 0 Å². The van der Waals surface area contributed by atoms with Gasteiger partial charge in [-0.25, -0.2) is 0 Å². The Hall–Kier alpha value is -1.39. The first-order valence-electron chi connectivity index (χ1n) is 6.85. The maximum atomic E-state index is 12.3. The smallest absolute Gasteiger partial charge is 0.251 e. The molecule has 4 nitrogen and oxygen atoms in total. The molecular formula is C15H22N2O2. The molecule has 1 heterocycles. The second-order valence-electron chi connectivity index (χ2n) is 5.02. The first kappa shape index (κ1) is 14.0. The lowest BCUT2D eigenvalue weighted by atomic mass is 10.2. The van der Waals surface area contributed by atoms with Gasteiger partial charge < -0.3 is 15.0 Å². The standard InChI is InChI=1S/C15H22N2O2/c1-12-10-16-8-9-17(12)15(18)13(2)19-11-14-6-4-3-5-7-14/h3-7,12-13,16H,8-11H2,1-2H3/t12-,13?/m0/s1. The van der Waals surface area contributed by atoms with E-state index in [0.29, 0.717) is 6.61 Å². The zero-order chi connectivity index (χ0) is 13.7. The summed E-state index contributed by atoms with van der Waals surface area (Å²) in [5.41, 5.74) is 1.09. The normalized spacial score (nSPS) is 21.2. The third kappa shape index (κ3) is 3.78. The summed E-state index contributed by atoms with van der Waals surface area (Å²) in [4.78, 5) is 14.2. The summed E-state index contributed by atoms with van der Waals surface area (Å²) in [5, 5.41) is 3.28. The summed E-state index contributed by atoms with van der Waals surface area (Å²) in [7, 11) is 0. The van der Waals surface area contributed by atoms with Crippen LogP contribution in [0.3, 0.4) is 0 Å². The van der Waals surface area contributed by atoms with Crippen LogP contribution in [-0.2, 0) is 16.1 Å². The van der Waals surface area contributed by atoms with Crippen molar-refractivity contribution in [1.29, 1.82) is 0 Å². The van der Waals surface area contributed by atoms with E-state index in [2.05, 4.69) is 12.2 Å². The number of nitrogens with zero attached hydrogens (tertiary/aromatic N) is 1. The molecule has 0 aliphatic carbocycles. The summed E-state index contributed by atoms with van der Waals surface area (Å²) in [5.74, 6) is 0.0879. The van der Waals surface area contributed by atoms with Crippen LogP contribution >= 0.6 is 0 Å². The van der Waals surface area contributed by atoms with Gasteiger partial charge in [-0.2, -0.15) is 0 Å². The van der Waals surface area contributed by atoms with Gasteiger partial charge in [0.25, 0.3) is 5.91 Å². The van der Waals surface area contributed by atoms with Crippen LogP contribution in [0.15, 0.2) is 30.3 Å². The van der Waals surface area contributed by atoms with Crippen molar-refractivity contribution in [3.8, 4) is 0 Å². The summed E-state index contributed by atoms with van der Waals surface area (Å²) < 4.78 is 5.68. The Bertz CT molecular complexity index is 408. The molecule has 1 aromatic rings. The van der Waals surface area contributed by atoms with Gasteiger partial charge in [-0.15, -0.1) is 0 Å². The van der Waals surface area contributed by atoms with Crippen LogP contribution in [-0.4, -0.2) is 42.6 Å². The van der Waals surface area contributed by atoms with Crippen LogP contribution in [0.25, 0.3) is 0 Å². The van der Waals surface area contributed by atoms with Crippen molar-refractivity contribution in [1.82, 2.24) is 10.2 Å². The first-order chi connectivity index (χ1) is 9.18. The highest BCUT2D eigenvalue weighted by atomic mass is 16.5. The van der Waals surface area contributed by atoms with E-state index < -0.39 is 0 Å². The second-order valence-corrected chi connectivity index (χ2v) is 5.02. The number of hydrogen-bond acceptors (Lipinski definition) is 3. The second kappa shape index (κ2) is 6.68. The molecule has 1 amide bonds. The molecule has 1 fully saturated rings. The number of rotatable bonds is 4. The quantitative estimate of drug-likeness (QED) is 0.892. The molecule has 0 bridgehead atoms.